The Balaban J connectivity index is 1.33. The molecule has 0 spiro atoms. The van der Waals surface area contributed by atoms with E-state index in [0.29, 0.717) is 6.42 Å². The van der Waals surface area contributed by atoms with Crippen LogP contribution in [0, 0.1) is 0 Å². The zero-order chi connectivity index (χ0) is 17.1. The molecule has 0 radical (unpaired) electrons. The van der Waals surface area contributed by atoms with Crippen LogP contribution in [0.15, 0.2) is 28.3 Å². The number of anilines is 1. The van der Waals surface area contributed by atoms with E-state index in [1.54, 1.807) is 11.8 Å². The number of fused-ring (bicyclic) bond motifs is 1. The summed E-state index contributed by atoms with van der Waals surface area (Å²) in [4.78, 5) is 18.4. The van der Waals surface area contributed by atoms with Gasteiger partial charge in [-0.3, -0.25) is 20.1 Å². The van der Waals surface area contributed by atoms with Gasteiger partial charge in [0.2, 0.25) is 5.91 Å². The molecule has 1 aromatic rings. The Labute approximate surface area is 150 Å². The van der Waals surface area contributed by atoms with E-state index in [9.17, 15) is 4.79 Å². The van der Waals surface area contributed by atoms with Gasteiger partial charge in [-0.15, -0.1) is 0 Å². The lowest BCUT2D eigenvalue weighted by Gasteiger charge is -2.25. The Morgan fingerprint density at radius 1 is 1.32 bits per heavy atom. The van der Waals surface area contributed by atoms with Crippen molar-refractivity contribution in [1.29, 1.82) is 0 Å². The molecule has 1 saturated heterocycles. The van der Waals surface area contributed by atoms with E-state index < -0.39 is 0 Å². The van der Waals surface area contributed by atoms with Gasteiger partial charge in [0.1, 0.15) is 0 Å². The molecule has 4 rings (SSSR count). The van der Waals surface area contributed by atoms with E-state index in [1.807, 2.05) is 18.2 Å². The second kappa shape index (κ2) is 7.55. The topological polar surface area (TPSA) is 78.3 Å². The van der Waals surface area contributed by atoms with Gasteiger partial charge in [0.15, 0.2) is 5.17 Å². The van der Waals surface area contributed by atoms with Gasteiger partial charge in [0.05, 0.1) is 31.9 Å². The van der Waals surface area contributed by atoms with Gasteiger partial charge in [0.25, 0.3) is 0 Å². The van der Waals surface area contributed by atoms with Gasteiger partial charge in [-0.25, -0.2) is 0 Å². The normalized spacial score (nSPS) is 22.3. The summed E-state index contributed by atoms with van der Waals surface area (Å²) >= 11 is 1.66. The van der Waals surface area contributed by atoms with Crippen molar-refractivity contribution in [1.82, 2.24) is 10.3 Å². The Morgan fingerprint density at radius 3 is 3.00 bits per heavy atom. The minimum Gasteiger partial charge on any atom is -0.379 e. The Kier molecular flexibility index (Phi) is 5.00. The van der Waals surface area contributed by atoms with Crippen LogP contribution in [0.1, 0.15) is 11.1 Å². The van der Waals surface area contributed by atoms with E-state index in [0.717, 1.165) is 72.8 Å². The molecule has 1 fully saturated rings. The number of nitrogens with one attached hydrogen (secondary N) is 2. The van der Waals surface area contributed by atoms with Gasteiger partial charge < -0.3 is 10.1 Å². The van der Waals surface area contributed by atoms with Crippen LogP contribution in [0.25, 0.3) is 0 Å². The zero-order valence-electron chi connectivity index (χ0n) is 14.0. The van der Waals surface area contributed by atoms with Crippen LogP contribution in [0.4, 0.5) is 5.69 Å². The number of ether oxygens (including phenoxy) is 1. The van der Waals surface area contributed by atoms with Gasteiger partial charge in [-0.2, -0.15) is 5.10 Å². The zero-order valence-corrected chi connectivity index (χ0v) is 14.8. The Bertz CT molecular complexity index is 728. The number of thioether (sulfide) groups is 1. The molecule has 1 aromatic carbocycles. The van der Waals surface area contributed by atoms with E-state index in [2.05, 4.69) is 25.7 Å². The molecule has 3 aliphatic heterocycles. The van der Waals surface area contributed by atoms with E-state index in [4.69, 9.17) is 4.74 Å². The van der Waals surface area contributed by atoms with E-state index >= 15 is 0 Å². The first-order valence-electron chi connectivity index (χ1n) is 8.51. The summed E-state index contributed by atoms with van der Waals surface area (Å²) in [6.45, 7) is 5.34. The van der Waals surface area contributed by atoms with Gasteiger partial charge in [-0.1, -0.05) is 23.9 Å². The van der Waals surface area contributed by atoms with Crippen LogP contribution in [0.3, 0.4) is 0 Å². The average Bonchev–Trinajstić information content (AvgIpc) is 3.02. The molecule has 0 aromatic heterocycles. The fraction of sp³-hybridized carbons (Fsp3) is 0.471. The van der Waals surface area contributed by atoms with Crippen molar-refractivity contribution in [2.75, 3.05) is 50.5 Å². The molecular formula is C17H21N5O2S. The highest BCUT2D eigenvalue weighted by molar-refractivity contribution is 8.14. The number of rotatable bonds is 4. The number of hydrogen-bond acceptors (Lipinski definition) is 6. The molecule has 0 bridgehead atoms. The van der Waals surface area contributed by atoms with Crippen LogP contribution in [0.2, 0.25) is 0 Å². The Morgan fingerprint density at radius 2 is 2.20 bits per heavy atom. The molecule has 132 valence electrons. The van der Waals surface area contributed by atoms with Crippen molar-refractivity contribution in [3.05, 3.63) is 29.3 Å². The molecule has 3 heterocycles. The van der Waals surface area contributed by atoms with E-state index in [1.165, 1.54) is 0 Å². The first-order valence-corrected chi connectivity index (χ1v) is 9.49. The number of hydrogen-bond donors (Lipinski definition) is 2. The van der Waals surface area contributed by atoms with Crippen molar-refractivity contribution in [3.63, 3.8) is 0 Å². The number of amidine groups is 1. The number of aliphatic imine (C=N–C) groups is 1. The monoisotopic (exact) mass is 359 g/mol. The maximum Gasteiger partial charge on any atom is 0.228 e. The number of amides is 1. The third-order valence-electron chi connectivity index (χ3n) is 4.48. The lowest BCUT2D eigenvalue weighted by Crippen LogP contribution is -2.38. The first kappa shape index (κ1) is 16.6. The summed E-state index contributed by atoms with van der Waals surface area (Å²) in [6, 6.07) is 6.03. The number of morpholine rings is 1. The molecule has 0 aliphatic carbocycles. The lowest BCUT2D eigenvalue weighted by molar-refractivity contribution is -0.115. The highest BCUT2D eigenvalue weighted by Gasteiger charge is 2.20. The third kappa shape index (κ3) is 4.02. The predicted octanol–water partition coefficient (Wildman–Crippen LogP) is 0.910. The van der Waals surface area contributed by atoms with Crippen molar-refractivity contribution < 1.29 is 9.53 Å². The molecule has 0 saturated carbocycles. The minimum absolute atomic E-state index is 0.0555. The van der Waals surface area contributed by atoms with E-state index in [-0.39, 0.29) is 5.91 Å². The second-order valence-corrected chi connectivity index (χ2v) is 7.16. The van der Waals surface area contributed by atoms with Crippen LogP contribution in [-0.4, -0.2) is 66.8 Å². The quantitative estimate of drug-likeness (QED) is 0.836. The number of carbonyl (C=O) groups is 1. The predicted molar refractivity (Wildman–Crippen MR) is 100 cm³/mol. The molecule has 2 N–H and O–H groups in total. The number of nitrogens with zero attached hydrogens (tertiary/aromatic N) is 3. The molecule has 25 heavy (non-hydrogen) atoms. The SMILES string of the molecule is O=C1Cc2ccc(C3=NNC(=NCCN4CCOCC4)SC3)cc2N1. The number of benzene rings is 1. The number of carbonyl (C=O) groups excluding carboxylic acids is 1. The average molecular weight is 359 g/mol. The summed E-state index contributed by atoms with van der Waals surface area (Å²) in [5.74, 6) is 0.829. The molecule has 3 aliphatic rings. The fourth-order valence-corrected chi connectivity index (χ4v) is 3.85. The largest absolute Gasteiger partial charge is 0.379 e. The maximum absolute atomic E-state index is 11.5. The van der Waals surface area contributed by atoms with Crippen molar-refractivity contribution >= 4 is 34.2 Å². The summed E-state index contributed by atoms with van der Waals surface area (Å²) in [6.07, 6.45) is 0.467. The molecule has 0 unspecified atom stereocenters. The lowest BCUT2D eigenvalue weighted by atomic mass is 10.1. The molecule has 8 heteroatoms. The summed E-state index contributed by atoms with van der Waals surface area (Å²) in [5, 5.41) is 8.21. The van der Waals surface area contributed by atoms with Crippen molar-refractivity contribution in [3.8, 4) is 0 Å². The molecule has 0 atom stereocenters. The van der Waals surface area contributed by atoms with Crippen LogP contribution >= 0.6 is 11.8 Å². The van der Waals surface area contributed by atoms with Crippen LogP contribution < -0.4 is 10.7 Å². The number of hydrazone groups is 1. The smallest absolute Gasteiger partial charge is 0.228 e. The van der Waals surface area contributed by atoms with Crippen LogP contribution in [0.5, 0.6) is 0 Å². The van der Waals surface area contributed by atoms with Crippen molar-refractivity contribution in [2.45, 2.75) is 6.42 Å². The molecule has 1 amide bonds. The standard InChI is InChI=1S/C17H21N5O2S/c23-16-10-13-2-1-12(9-14(13)19-16)15-11-25-17(21-20-15)18-3-4-22-5-7-24-8-6-22/h1-2,9H,3-8,10-11H2,(H,18,21)(H,19,23). The van der Waals surface area contributed by atoms with Gasteiger partial charge in [0, 0.05) is 36.6 Å². The summed E-state index contributed by atoms with van der Waals surface area (Å²) in [5.41, 5.74) is 7.02. The summed E-state index contributed by atoms with van der Waals surface area (Å²) < 4.78 is 5.35. The maximum atomic E-state index is 11.5. The third-order valence-corrected chi connectivity index (χ3v) is 5.39. The van der Waals surface area contributed by atoms with Crippen molar-refractivity contribution in [2.24, 2.45) is 10.1 Å². The first-order chi connectivity index (χ1) is 12.3. The second-order valence-electron chi connectivity index (χ2n) is 6.20. The van der Waals surface area contributed by atoms with Gasteiger partial charge >= 0.3 is 0 Å². The summed E-state index contributed by atoms with van der Waals surface area (Å²) in [7, 11) is 0. The highest BCUT2D eigenvalue weighted by atomic mass is 32.2. The molecule has 7 nitrogen and oxygen atoms in total. The molecular weight excluding hydrogens is 338 g/mol. The van der Waals surface area contributed by atoms with Gasteiger partial charge in [-0.05, 0) is 11.6 Å². The Hall–Kier alpha value is -1.90. The highest BCUT2D eigenvalue weighted by Crippen LogP contribution is 2.25. The minimum atomic E-state index is 0.0555. The van der Waals surface area contributed by atoms with Crippen LogP contribution in [-0.2, 0) is 16.0 Å². The fourth-order valence-electron chi connectivity index (χ4n) is 3.06.